The van der Waals surface area contributed by atoms with Gasteiger partial charge in [-0.1, -0.05) is 43.5 Å². The summed E-state index contributed by atoms with van der Waals surface area (Å²) >= 11 is 0. The number of hydrogen-bond donors (Lipinski definition) is 1. The number of hydrogen-bond acceptors (Lipinski definition) is 3. The molecule has 1 saturated heterocycles. The van der Waals surface area contributed by atoms with Crippen molar-refractivity contribution in [2.45, 2.75) is 57.4 Å². The lowest BCUT2D eigenvalue weighted by Crippen LogP contribution is -2.47. The molecule has 1 N–H and O–H groups in total. The molecule has 1 aromatic carbocycles. The Morgan fingerprint density at radius 1 is 1.08 bits per heavy atom. The van der Waals surface area contributed by atoms with Crippen molar-refractivity contribution in [3.63, 3.8) is 0 Å². The van der Waals surface area contributed by atoms with E-state index in [1.54, 1.807) is 0 Å². The van der Waals surface area contributed by atoms with E-state index in [9.17, 15) is 4.79 Å². The van der Waals surface area contributed by atoms with Crippen LogP contribution in [0.25, 0.3) is 0 Å². The minimum atomic E-state index is -0.700. The first-order chi connectivity index (χ1) is 12.1. The van der Waals surface area contributed by atoms with Gasteiger partial charge in [0.05, 0.1) is 6.42 Å². The molecule has 1 aliphatic carbocycles. The predicted octanol–water partition coefficient (Wildman–Crippen LogP) is 3.89. The standard InChI is InChI=1S/C21H32N2O2/c1-17(23-15-13-22(14-16-23)12-11-21(24)25)18-7-9-20(10-8-18)19-5-3-2-4-6-19/h7-10,17,19H,2-6,11-16H2,1H3,(H,24,25). The van der Waals surface area contributed by atoms with Gasteiger partial charge in [0, 0.05) is 38.8 Å². The highest BCUT2D eigenvalue weighted by molar-refractivity contribution is 5.66. The molecule has 2 fully saturated rings. The quantitative estimate of drug-likeness (QED) is 0.850. The lowest BCUT2D eigenvalue weighted by atomic mass is 9.83. The summed E-state index contributed by atoms with van der Waals surface area (Å²) < 4.78 is 0. The maximum Gasteiger partial charge on any atom is 0.304 e. The fraction of sp³-hybridized carbons (Fsp3) is 0.667. The first kappa shape index (κ1) is 18.4. The molecule has 0 spiro atoms. The largest absolute Gasteiger partial charge is 0.481 e. The van der Waals surface area contributed by atoms with E-state index in [1.807, 2.05) is 0 Å². The number of nitrogens with zero attached hydrogens (tertiary/aromatic N) is 2. The van der Waals surface area contributed by atoms with Crippen molar-refractivity contribution in [2.75, 3.05) is 32.7 Å². The summed E-state index contributed by atoms with van der Waals surface area (Å²) in [4.78, 5) is 15.5. The molecule has 1 aliphatic heterocycles. The van der Waals surface area contributed by atoms with Gasteiger partial charge in [-0.3, -0.25) is 9.69 Å². The molecule has 0 amide bonds. The summed E-state index contributed by atoms with van der Waals surface area (Å²) in [6.45, 7) is 6.95. The fourth-order valence-corrected chi connectivity index (χ4v) is 4.32. The van der Waals surface area contributed by atoms with E-state index in [0.717, 1.165) is 32.1 Å². The van der Waals surface area contributed by atoms with E-state index in [-0.39, 0.29) is 6.42 Å². The highest BCUT2D eigenvalue weighted by Gasteiger charge is 2.22. The lowest BCUT2D eigenvalue weighted by Gasteiger charge is -2.38. The molecule has 1 saturated carbocycles. The summed E-state index contributed by atoms with van der Waals surface area (Å²) in [5.41, 5.74) is 2.92. The number of rotatable bonds is 6. The van der Waals surface area contributed by atoms with Crippen molar-refractivity contribution in [1.82, 2.24) is 9.80 Å². The van der Waals surface area contributed by atoms with Gasteiger partial charge < -0.3 is 10.0 Å². The molecule has 0 bridgehead atoms. The van der Waals surface area contributed by atoms with Crippen LogP contribution in [0.2, 0.25) is 0 Å². The van der Waals surface area contributed by atoms with Gasteiger partial charge in [0.15, 0.2) is 0 Å². The predicted molar refractivity (Wildman–Crippen MR) is 101 cm³/mol. The zero-order valence-corrected chi connectivity index (χ0v) is 15.5. The maximum absolute atomic E-state index is 10.7. The normalized spacial score (nSPS) is 22.0. The van der Waals surface area contributed by atoms with Crippen LogP contribution >= 0.6 is 0 Å². The first-order valence-corrected chi connectivity index (χ1v) is 9.91. The third kappa shape index (κ3) is 5.05. The zero-order chi connectivity index (χ0) is 17.6. The highest BCUT2D eigenvalue weighted by Crippen LogP contribution is 2.33. The molecule has 1 heterocycles. The Hall–Kier alpha value is -1.39. The smallest absolute Gasteiger partial charge is 0.304 e. The Bertz CT molecular complexity index is 544. The Morgan fingerprint density at radius 2 is 1.72 bits per heavy atom. The van der Waals surface area contributed by atoms with Crippen LogP contribution in [-0.2, 0) is 4.79 Å². The van der Waals surface area contributed by atoms with Gasteiger partial charge in [0.25, 0.3) is 0 Å². The Labute approximate surface area is 151 Å². The molecule has 1 aromatic rings. The average Bonchev–Trinajstić information content (AvgIpc) is 2.67. The molecule has 1 atom stereocenters. The molecule has 3 rings (SSSR count). The third-order valence-corrected chi connectivity index (χ3v) is 6.09. The van der Waals surface area contributed by atoms with Gasteiger partial charge in [0.2, 0.25) is 0 Å². The van der Waals surface area contributed by atoms with E-state index in [1.165, 1.54) is 43.2 Å². The SMILES string of the molecule is CC(c1ccc(C2CCCCC2)cc1)N1CCN(CCC(=O)O)CC1. The topological polar surface area (TPSA) is 43.8 Å². The molecule has 4 heteroatoms. The van der Waals surface area contributed by atoms with Crippen molar-refractivity contribution in [1.29, 1.82) is 0 Å². The number of piperazine rings is 1. The molecule has 1 unspecified atom stereocenters. The summed E-state index contributed by atoms with van der Waals surface area (Å²) in [5.74, 6) is 0.0738. The molecular weight excluding hydrogens is 312 g/mol. The van der Waals surface area contributed by atoms with Gasteiger partial charge in [0.1, 0.15) is 0 Å². The van der Waals surface area contributed by atoms with Gasteiger partial charge in [-0.2, -0.15) is 0 Å². The fourth-order valence-electron chi connectivity index (χ4n) is 4.32. The first-order valence-electron chi connectivity index (χ1n) is 9.91. The van der Waals surface area contributed by atoms with E-state index in [0.29, 0.717) is 12.6 Å². The van der Waals surface area contributed by atoms with Crippen molar-refractivity contribution >= 4 is 5.97 Å². The number of carboxylic acids is 1. The van der Waals surface area contributed by atoms with Crippen LogP contribution in [0.3, 0.4) is 0 Å². The van der Waals surface area contributed by atoms with E-state index in [4.69, 9.17) is 5.11 Å². The number of carbonyl (C=O) groups is 1. The second-order valence-corrected chi connectivity index (χ2v) is 7.70. The van der Waals surface area contributed by atoms with Crippen LogP contribution in [0, 0.1) is 0 Å². The second kappa shape index (κ2) is 8.81. The van der Waals surface area contributed by atoms with E-state index < -0.39 is 5.97 Å². The van der Waals surface area contributed by atoms with Crippen LogP contribution in [0.4, 0.5) is 0 Å². The summed E-state index contributed by atoms with van der Waals surface area (Å²) in [6.07, 6.45) is 7.13. The van der Waals surface area contributed by atoms with E-state index >= 15 is 0 Å². The van der Waals surface area contributed by atoms with Crippen LogP contribution in [0.15, 0.2) is 24.3 Å². The molecule has 4 nitrogen and oxygen atoms in total. The summed E-state index contributed by atoms with van der Waals surface area (Å²) in [7, 11) is 0. The van der Waals surface area contributed by atoms with E-state index in [2.05, 4.69) is 41.0 Å². The summed E-state index contributed by atoms with van der Waals surface area (Å²) in [6, 6.07) is 9.79. The Balaban J connectivity index is 1.51. The maximum atomic E-state index is 10.7. The van der Waals surface area contributed by atoms with Crippen LogP contribution < -0.4 is 0 Å². The number of aliphatic carboxylic acids is 1. The minimum absolute atomic E-state index is 0.248. The molecule has 0 radical (unpaired) electrons. The zero-order valence-electron chi connectivity index (χ0n) is 15.5. The highest BCUT2D eigenvalue weighted by atomic mass is 16.4. The van der Waals surface area contributed by atoms with Crippen molar-refractivity contribution < 1.29 is 9.90 Å². The van der Waals surface area contributed by atoms with Crippen molar-refractivity contribution in [2.24, 2.45) is 0 Å². The monoisotopic (exact) mass is 344 g/mol. The number of benzene rings is 1. The minimum Gasteiger partial charge on any atom is -0.481 e. The average molecular weight is 344 g/mol. The molecule has 2 aliphatic rings. The summed E-state index contributed by atoms with van der Waals surface area (Å²) in [5, 5.41) is 8.81. The third-order valence-electron chi connectivity index (χ3n) is 6.09. The van der Waals surface area contributed by atoms with Crippen molar-refractivity contribution in [3.05, 3.63) is 35.4 Å². The van der Waals surface area contributed by atoms with Gasteiger partial charge >= 0.3 is 5.97 Å². The van der Waals surface area contributed by atoms with Crippen molar-refractivity contribution in [3.8, 4) is 0 Å². The molecule has 0 aromatic heterocycles. The van der Waals surface area contributed by atoms with Gasteiger partial charge in [-0.25, -0.2) is 0 Å². The van der Waals surface area contributed by atoms with Crippen LogP contribution in [-0.4, -0.2) is 53.6 Å². The molecule has 138 valence electrons. The van der Waals surface area contributed by atoms with Crippen LogP contribution in [0.1, 0.15) is 68.5 Å². The Kier molecular flexibility index (Phi) is 6.49. The van der Waals surface area contributed by atoms with Gasteiger partial charge in [-0.05, 0) is 36.8 Å². The Morgan fingerprint density at radius 3 is 2.32 bits per heavy atom. The molecular formula is C21H32N2O2. The number of carboxylic acid groups (broad SMARTS) is 1. The lowest BCUT2D eigenvalue weighted by molar-refractivity contribution is -0.137. The second-order valence-electron chi connectivity index (χ2n) is 7.70. The van der Waals surface area contributed by atoms with Crippen LogP contribution in [0.5, 0.6) is 0 Å². The molecule has 25 heavy (non-hydrogen) atoms. The van der Waals surface area contributed by atoms with Gasteiger partial charge in [-0.15, -0.1) is 0 Å².